The van der Waals surface area contributed by atoms with Crippen LogP contribution in [0.3, 0.4) is 0 Å². The average molecular weight is 416 g/mol. The first kappa shape index (κ1) is 17.7. The van der Waals surface area contributed by atoms with Crippen molar-refractivity contribution in [1.82, 2.24) is 10.1 Å². The number of aromatic nitrogens is 2. The second-order valence-electron chi connectivity index (χ2n) is 5.53. The molecule has 0 aliphatic carbocycles. The number of hydrogen-bond donors (Lipinski definition) is 1. The number of rotatable bonds is 4. The Morgan fingerprint density at radius 3 is 2.67 bits per heavy atom. The predicted octanol–water partition coefficient (Wildman–Crippen LogP) is 6.02. The molecule has 5 nitrogen and oxygen atoms in total. The lowest BCUT2D eigenvalue weighted by atomic mass is 10.1. The van der Waals surface area contributed by atoms with E-state index in [2.05, 4.69) is 15.5 Å². The van der Waals surface area contributed by atoms with Crippen LogP contribution in [0.25, 0.3) is 22.2 Å². The van der Waals surface area contributed by atoms with Crippen LogP contribution < -0.4 is 5.32 Å². The molecule has 2 aromatic heterocycles. The van der Waals surface area contributed by atoms with E-state index < -0.39 is 0 Å². The van der Waals surface area contributed by atoms with Crippen molar-refractivity contribution in [3.8, 4) is 22.2 Å². The Balaban J connectivity index is 1.63. The van der Waals surface area contributed by atoms with Crippen LogP contribution in [0.4, 0.5) is 5.69 Å². The number of hydrogen-bond acceptors (Lipinski definition) is 5. The lowest BCUT2D eigenvalue weighted by molar-refractivity contribution is 0.102. The smallest absolute Gasteiger partial charge is 0.260 e. The SMILES string of the molecule is O=C(Nc1ccccc1-c1nc(-c2cccs2)no1)c1ccc(Cl)c(Cl)c1. The minimum atomic E-state index is -0.320. The maximum absolute atomic E-state index is 12.6. The summed E-state index contributed by atoms with van der Waals surface area (Å²) in [5, 5.41) is 9.51. The van der Waals surface area contributed by atoms with Gasteiger partial charge in [0.1, 0.15) is 0 Å². The Kier molecular flexibility index (Phi) is 4.94. The van der Waals surface area contributed by atoms with Crippen LogP contribution in [0.1, 0.15) is 10.4 Å². The van der Waals surface area contributed by atoms with E-state index in [1.165, 1.54) is 17.4 Å². The molecule has 1 N–H and O–H groups in total. The molecular weight excluding hydrogens is 405 g/mol. The zero-order valence-electron chi connectivity index (χ0n) is 13.6. The summed E-state index contributed by atoms with van der Waals surface area (Å²) < 4.78 is 5.39. The molecule has 0 unspecified atom stereocenters. The van der Waals surface area contributed by atoms with Crippen LogP contribution in [0.2, 0.25) is 10.0 Å². The molecule has 8 heteroatoms. The number of para-hydroxylation sites is 1. The van der Waals surface area contributed by atoms with Gasteiger partial charge in [-0.05, 0) is 41.8 Å². The summed E-state index contributed by atoms with van der Waals surface area (Å²) >= 11 is 13.4. The molecule has 0 aliphatic heterocycles. The molecule has 0 saturated carbocycles. The van der Waals surface area contributed by atoms with Gasteiger partial charge in [-0.1, -0.05) is 46.6 Å². The van der Waals surface area contributed by atoms with Crippen molar-refractivity contribution >= 4 is 46.1 Å². The Morgan fingerprint density at radius 1 is 1.04 bits per heavy atom. The Bertz CT molecular complexity index is 1110. The highest BCUT2D eigenvalue weighted by Crippen LogP contribution is 2.30. The minimum Gasteiger partial charge on any atom is -0.334 e. The van der Waals surface area contributed by atoms with E-state index in [0.717, 1.165) is 4.88 Å². The maximum Gasteiger partial charge on any atom is 0.260 e. The van der Waals surface area contributed by atoms with Crippen molar-refractivity contribution in [3.63, 3.8) is 0 Å². The van der Waals surface area contributed by atoms with E-state index in [-0.39, 0.29) is 5.91 Å². The van der Waals surface area contributed by atoms with Crippen LogP contribution in [0.15, 0.2) is 64.5 Å². The fraction of sp³-hybridized carbons (Fsp3) is 0. The van der Waals surface area contributed by atoms with E-state index in [0.29, 0.717) is 38.6 Å². The molecule has 0 bridgehead atoms. The second-order valence-corrected chi connectivity index (χ2v) is 7.29. The van der Waals surface area contributed by atoms with Gasteiger partial charge in [0.25, 0.3) is 11.8 Å². The van der Waals surface area contributed by atoms with E-state index >= 15 is 0 Å². The summed E-state index contributed by atoms with van der Waals surface area (Å²) in [6.45, 7) is 0. The van der Waals surface area contributed by atoms with E-state index in [9.17, 15) is 4.79 Å². The lowest BCUT2D eigenvalue weighted by Gasteiger charge is -2.09. The maximum atomic E-state index is 12.6. The van der Waals surface area contributed by atoms with E-state index in [1.807, 2.05) is 29.6 Å². The molecule has 0 spiro atoms. The quantitative estimate of drug-likeness (QED) is 0.442. The van der Waals surface area contributed by atoms with Crippen molar-refractivity contribution in [2.45, 2.75) is 0 Å². The van der Waals surface area contributed by atoms with Crippen molar-refractivity contribution in [2.24, 2.45) is 0 Å². The highest BCUT2D eigenvalue weighted by atomic mass is 35.5. The Labute approximate surface area is 168 Å². The van der Waals surface area contributed by atoms with Gasteiger partial charge in [0.2, 0.25) is 5.82 Å². The number of amides is 1. The summed E-state index contributed by atoms with van der Waals surface area (Å²) in [6, 6.07) is 15.7. The summed E-state index contributed by atoms with van der Waals surface area (Å²) in [6.07, 6.45) is 0. The van der Waals surface area contributed by atoms with Gasteiger partial charge in [-0.25, -0.2) is 0 Å². The Hall–Kier alpha value is -2.67. The normalized spacial score (nSPS) is 10.7. The van der Waals surface area contributed by atoms with Gasteiger partial charge in [-0.2, -0.15) is 4.98 Å². The highest BCUT2D eigenvalue weighted by Gasteiger charge is 2.16. The monoisotopic (exact) mass is 415 g/mol. The number of thiophene rings is 1. The molecular formula is C19H11Cl2N3O2S. The zero-order valence-corrected chi connectivity index (χ0v) is 16.0. The molecule has 4 aromatic rings. The third-order valence-electron chi connectivity index (χ3n) is 3.76. The van der Waals surface area contributed by atoms with Crippen LogP contribution in [-0.4, -0.2) is 16.0 Å². The summed E-state index contributed by atoms with van der Waals surface area (Å²) in [5.74, 6) is 0.507. The summed E-state index contributed by atoms with van der Waals surface area (Å²) in [5.41, 5.74) is 1.57. The van der Waals surface area contributed by atoms with Crippen molar-refractivity contribution < 1.29 is 9.32 Å². The second kappa shape index (κ2) is 7.52. The average Bonchev–Trinajstić information content (AvgIpc) is 3.35. The summed E-state index contributed by atoms with van der Waals surface area (Å²) in [4.78, 5) is 17.9. The van der Waals surface area contributed by atoms with Crippen molar-refractivity contribution in [1.29, 1.82) is 0 Å². The molecule has 0 fully saturated rings. The molecule has 134 valence electrons. The lowest BCUT2D eigenvalue weighted by Crippen LogP contribution is -2.12. The van der Waals surface area contributed by atoms with Gasteiger partial charge in [0.15, 0.2) is 0 Å². The molecule has 2 heterocycles. The number of nitrogens with zero attached hydrogens (tertiary/aromatic N) is 2. The molecule has 1 amide bonds. The van der Waals surface area contributed by atoms with Gasteiger partial charge in [-0.3, -0.25) is 4.79 Å². The standard InChI is InChI=1S/C19H11Cl2N3O2S/c20-13-8-7-11(10-14(13)21)18(25)22-15-5-2-1-4-12(15)19-23-17(24-26-19)16-6-3-9-27-16/h1-10H,(H,22,25). The number of carbonyl (C=O) groups excluding carboxylic acids is 1. The fourth-order valence-corrected chi connectivity index (χ4v) is 3.40. The minimum absolute atomic E-state index is 0.315. The molecule has 4 rings (SSSR count). The van der Waals surface area contributed by atoms with Crippen LogP contribution >= 0.6 is 34.5 Å². The topological polar surface area (TPSA) is 68.0 Å². The van der Waals surface area contributed by atoms with Crippen LogP contribution in [0, 0.1) is 0 Å². The number of halogens is 2. The molecule has 0 radical (unpaired) electrons. The largest absolute Gasteiger partial charge is 0.334 e. The number of carbonyl (C=O) groups is 1. The van der Waals surface area contributed by atoms with E-state index in [1.54, 1.807) is 24.3 Å². The molecule has 0 aliphatic rings. The number of nitrogens with one attached hydrogen (secondary N) is 1. The van der Waals surface area contributed by atoms with Gasteiger partial charge in [0, 0.05) is 5.56 Å². The third kappa shape index (κ3) is 3.73. The van der Waals surface area contributed by atoms with E-state index in [4.69, 9.17) is 27.7 Å². The first-order valence-electron chi connectivity index (χ1n) is 7.85. The van der Waals surface area contributed by atoms with Gasteiger partial charge in [-0.15, -0.1) is 11.3 Å². The van der Waals surface area contributed by atoms with Crippen molar-refractivity contribution in [2.75, 3.05) is 5.32 Å². The first-order chi connectivity index (χ1) is 13.1. The zero-order chi connectivity index (χ0) is 18.8. The Morgan fingerprint density at radius 2 is 1.89 bits per heavy atom. The molecule has 2 aromatic carbocycles. The van der Waals surface area contributed by atoms with Gasteiger partial charge >= 0.3 is 0 Å². The number of benzene rings is 2. The highest BCUT2D eigenvalue weighted by molar-refractivity contribution is 7.13. The molecule has 0 saturated heterocycles. The van der Waals surface area contributed by atoms with Gasteiger partial charge in [0.05, 0.1) is 26.2 Å². The summed E-state index contributed by atoms with van der Waals surface area (Å²) in [7, 11) is 0. The molecule has 0 atom stereocenters. The first-order valence-corrected chi connectivity index (χ1v) is 9.49. The van der Waals surface area contributed by atoms with Crippen molar-refractivity contribution in [3.05, 3.63) is 75.6 Å². The fourth-order valence-electron chi connectivity index (χ4n) is 2.45. The third-order valence-corrected chi connectivity index (χ3v) is 5.36. The number of anilines is 1. The van der Waals surface area contributed by atoms with Crippen LogP contribution in [-0.2, 0) is 0 Å². The van der Waals surface area contributed by atoms with Gasteiger partial charge < -0.3 is 9.84 Å². The predicted molar refractivity (Wildman–Crippen MR) is 107 cm³/mol. The van der Waals surface area contributed by atoms with Crippen LogP contribution in [0.5, 0.6) is 0 Å². The molecule has 27 heavy (non-hydrogen) atoms.